The van der Waals surface area contributed by atoms with E-state index >= 15 is 0 Å². The van der Waals surface area contributed by atoms with Crippen LogP contribution in [0.3, 0.4) is 0 Å². The molecule has 1 aromatic rings. The standard InChI is InChI=1S/C39H42N2O2/c1-39-25-27(13-23-38(39)41(37-11-7-5-9-34(37)39)29-16-20-31(43-3)21-17-29)26-12-22-36-33(24-26)32-8-4-6-10-35(32)40(36)28-14-18-30(42-2)19-15-28/h4-5,8-9,13-18,20-21,24,30,32,34-35,37-38H,6,10,12,19,22-23,25H2,1-3H3. The van der Waals surface area contributed by atoms with E-state index in [0.29, 0.717) is 23.9 Å². The van der Waals surface area contributed by atoms with Crippen LogP contribution >= 0.6 is 0 Å². The zero-order valence-corrected chi connectivity index (χ0v) is 25.6. The Morgan fingerprint density at radius 1 is 0.977 bits per heavy atom. The van der Waals surface area contributed by atoms with Crippen LogP contribution in [0.1, 0.15) is 51.9 Å². The Balaban J connectivity index is 1.12. The van der Waals surface area contributed by atoms with Gasteiger partial charge >= 0.3 is 0 Å². The van der Waals surface area contributed by atoms with Crippen LogP contribution in [0.15, 0.2) is 107 Å². The first-order valence-electron chi connectivity index (χ1n) is 16.2. The van der Waals surface area contributed by atoms with Crippen LogP contribution in [0.25, 0.3) is 0 Å². The number of fused-ring (bicyclic) bond motifs is 5. The summed E-state index contributed by atoms with van der Waals surface area (Å²) in [4.78, 5) is 5.32. The highest BCUT2D eigenvalue weighted by Crippen LogP contribution is 2.57. The summed E-state index contributed by atoms with van der Waals surface area (Å²) in [5.74, 6) is 8.73. The molecule has 8 rings (SSSR count). The molecule has 0 saturated carbocycles. The second-order valence-electron chi connectivity index (χ2n) is 13.4. The summed E-state index contributed by atoms with van der Waals surface area (Å²) in [7, 11) is 3.54. The summed E-state index contributed by atoms with van der Waals surface area (Å²) in [6.07, 6.45) is 29.5. The van der Waals surface area contributed by atoms with Crippen molar-refractivity contribution < 1.29 is 9.47 Å². The van der Waals surface area contributed by atoms with Gasteiger partial charge in [0.15, 0.2) is 0 Å². The second-order valence-corrected chi connectivity index (χ2v) is 13.4. The minimum atomic E-state index is 0.125. The highest BCUT2D eigenvalue weighted by Gasteiger charge is 2.56. The van der Waals surface area contributed by atoms with Gasteiger partial charge in [-0.2, -0.15) is 0 Å². The molecule has 0 amide bonds. The molecule has 5 aliphatic carbocycles. The zero-order chi connectivity index (χ0) is 29.1. The minimum absolute atomic E-state index is 0.125. The van der Waals surface area contributed by atoms with Crippen molar-refractivity contribution in [3.05, 3.63) is 107 Å². The number of nitrogens with zero attached hydrogens (tertiary/aromatic N) is 2. The van der Waals surface area contributed by atoms with Crippen molar-refractivity contribution in [2.45, 2.75) is 76.1 Å². The highest BCUT2D eigenvalue weighted by molar-refractivity contribution is 5.59. The first-order valence-corrected chi connectivity index (χ1v) is 16.2. The van der Waals surface area contributed by atoms with Crippen LogP contribution in [0.4, 0.5) is 5.69 Å². The summed E-state index contributed by atoms with van der Waals surface area (Å²) in [6, 6.07) is 9.76. The van der Waals surface area contributed by atoms with Gasteiger partial charge in [0.2, 0.25) is 0 Å². The molecule has 7 aliphatic rings. The van der Waals surface area contributed by atoms with Gasteiger partial charge in [0.1, 0.15) is 5.75 Å². The van der Waals surface area contributed by atoms with Crippen LogP contribution < -0.4 is 9.64 Å². The van der Waals surface area contributed by atoms with E-state index in [1.807, 2.05) is 7.11 Å². The Morgan fingerprint density at radius 2 is 1.86 bits per heavy atom. The quantitative estimate of drug-likeness (QED) is 0.268. The zero-order valence-electron chi connectivity index (χ0n) is 25.6. The molecule has 2 aliphatic heterocycles. The molecule has 0 aromatic heterocycles. The summed E-state index contributed by atoms with van der Waals surface area (Å²) < 4.78 is 11.1. The van der Waals surface area contributed by atoms with Gasteiger partial charge in [0.25, 0.3) is 0 Å². The summed E-state index contributed by atoms with van der Waals surface area (Å²) in [6.45, 7) is 2.53. The normalized spacial score (nSPS) is 35.3. The third kappa shape index (κ3) is 4.23. The van der Waals surface area contributed by atoms with E-state index in [9.17, 15) is 0 Å². The molecular formula is C39H42N2O2. The van der Waals surface area contributed by atoms with Crippen LogP contribution in [0, 0.1) is 29.1 Å². The number of ether oxygens (including phenoxy) is 2. The number of hydrogen-bond acceptors (Lipinski definition) is 4. The number of hydrogen-bond donors (Lipinski definition) is 0. The molecule has 4 nitrogen and oxygen atoms in total. The Bertz CT molecular complexity index is 1590. The lowest BCUT2D eigenvalue weighted by Crippen LogP contribution is -2.42. The maximum atomic E-state index is 5.60. The van der Waals surface area contributed by atoms with Crippen LogP contribution in [0.5, 0.6) is 5.75 Å². The highest BCUT2D eigenvalue weighted by atomic mass is 16.5. The average Bonchev–Trinajstić information content (AvgIpc) is 3.53. The number of rotatable bonds is 5. The lowest BCUT2D eigenvalue weighted by Gasteiger charge is -2.42. The van der Waals surface area contributed by atoms with Crippen LogP contribution in [0.2, 0.25) is 0 Å². The van der Waals surface area contributed by atoms with Gasteiger partial charge in [0.05, 0.1) is 19.3 Å². The summed E-state index contributed by atoms with van der Waals surface area (Å²) in [5, 5.41) is 0. The fourth-order valence-corrected chi connectivity index (χ4v) is 9.18. The van der Waals surface area contributed by atoms with Crippen molar-refractivity contribution in [1.29, 1.82) is 0 Å². The topological polar surface area (TPSA) is 24.9 Å². The molecule has 0 spiro atoms. The predicted octanol–water partition coefficient (Wildman–Crippen LogP) is 7.65. The van der Waals surface area contributed by atoms with Crippen LogP contribution in [-0.4, -0.2) is 43.3 Å². The van der Waals surface area contributed by atoms with Gasteiger partial charge in [-0.15, -0.1) is 0 Å². The van der Waals surface area contributed by atoms with Gasteiger partial charge in [0, 0.05) is 53.5 Å². The van der Waals surface area contributed by atoms with E-state index in [0.717, 1.165) is 37.9 Å². The van der Waals surface area contributed by atoms with Crippen molar-refractivity contribution in [3.8, 4) is 17.6 Å². The number of benzene rings is 1. The lowest BCUT2D eigenvalue weighted by molar-refractivity contribution is 0.141. The minimum Gasteiger partial charge on any atom is -0.497 e. The smallest absolute Gasteiger partial charge is 0.119 e. The molecule has 1 aromatic carbocycles. The molecule has 1 saturated heterocycles. The molecule has 7 unspecified atom stereocenters. The third-order valence-corrected chi connectivity index (χ3v) is 11.3. The molecule has 0 radical (unpaired) electrons. The van der Waals surface area contributed by atoms with Gasteiger partial charge < -0.3 is 19.3 Å². The van der Waals surface area contributed by atoms with Gasteiger partial charge in [-0.25, -0.2) is 0 Å². The number of anilines is 1. The summed E-state index contributed by atoms with van der Waals surface area (Å²) in [5.41, 5.74) is 8.99. The van der Waals surface area contributed by atoms with E-state index in [2.05, 4.69) is 108 Å². The largest absolute Gasteiger partial charge is 0.497 e. The van der Waals surface area contributed by atoms with Crippen molar-refractivity contribution in [1.82, 2.24) is 4.90 Å². The molecule has 43 heavy (non-hydrogen) atoms. The summed E-state index contributed by atoms with van der Waals surface area (Å²) >= 11 is 0. The Hall–Kier alpha value is -3.68. The molecule has 7 atom stereocenters. The van der Waals surface area contributed by atoms with Gasteiger partial charge in [-0.3, -0.25) is 0 Å². The van der Waals surface area contributed by atoms with E-state index in [4.69, 9.17) is 9.47 Å². The average molecular weight is 571 g/mol. The van der Waals surface area contributed by atoms with Crippen molar-refractivity contribution in [3.63, 3.8) is 0 Å². The first-order chi connectivity index (χ1) is 21.1. The van der Waals surface area contributed by atoms with E-state index in [-0.39, 0.29) is 17.6 Å². The molecule has 2 heterocycles. The maximum absolute atomic E-state index is 5.60. The van der Waals surface area contributed by atoms with Crippen molar-refractivity contribution in [2.24, 2.45) is 17.3 Å². The van der Waals surface area contributed by atoms with E-state index in [1.54, 1.807) is 29.5 Å². The van der Waals surface area contributed by atoms with Crippen molar-refractivity contribution in [2.75, 3.05) is 19.1 Å². The molecule has 1 fully saturated rings. The molecule has 0 bridgehead atoms. The number of methoxy groups -OCH3 is 2. The van der Waals surface area contributed by atoms with Crippen molar-refractivity contribution >= 4 is 5.69 Å². The molecule has 0 N–H and O–H groups in total. The van der Waals surface area contributed by atoms with E-state index < -0.39 is 0 Å². The van der Waals surface area contributed by atoms with Gasteiger partial charge in [-0.05, 0) is 98.1 Å². The SMILES string of the molecule is COc1ccc(N2C3C#CC=CC3C3(C)CC(C4=CC5=C(CC4)N(C4=CCC(OC)C=C4)C4CCC=CC54)=CCC23)cc1. The third-order valence-electron chi connectivity index (χ3n) is 11.3. The fourth-order valence-electron chi connectivity index (χ4n) is 9.18. The van der Waals surface area contributed by atoms with E-state index in [1.165, 1.54) is 24.2 Å². The monoisotopic (exact) mass is 570 g/mol. The first kappa shape index (κ1) is 26.9. The van der Waals surface area contributed by atoms with Gasteiger partial charge in [-0.1, -0.05) is 61.3 Å². The lowest BCUT2D eigenvalue weighted by atomic mass is 9.64. The molecule has 4 heteroatoms. The fraction of sp³-hybridized carbons (Fsp3) is 0.436. The maximum Gasteiger partial charge on any atom is 0.119 e. The second kappa shape index (κ2) is 10.5. The Labute approximate surface area is 256 Å². The van der Waals surface area contributed by atoms with Crippen LogP contribution in [-0.2, 0) is 4.74 Å². The molecule has 220 valence electrons. The number of allylic oxidation sites excluding steroid dienone is 7. The Morgan fingerprint density at radius 3 is 2.65 bits per heavy atom. The Kier molecular flexibility index (Phi) is 6.57. The predicted molar refractivity (Wildman–Crippen MR) is 173 cm³/mol. The molecular weight excluding hydrogens is 528 g/mol.